The fraction of sp³-hybridized carbons (Fsp3) is 0.200. The average Bonchev–Trinajstić information content (AvgIpc) is 2.44. The third kappa shape index (κ3) is 3.36. The van der Waals surface area contributed by atoms with Gasteiger partial charge in [0.25, 0.3) is 5.91 Å². The molecule has 0 aliphatic heterocycles. The minimum atomic E-state index is -4.52. The van der Waals surface area contributed by atoms with Gasteiger partial charge in [-0.15, -0.1) is 0 Å². The number of amides is 1. The van der Waals surface area contributed by atoms with E-state index in [1.807, 2.05) is 13.8 Å². The summed E-state index contributed by atoms with van der Waals surface area (Å²) in [4.78, 5) is 15.7. The lowest BCUT2D eigenvalue weighted by Crippen LogP contribution is -2.16. The van der Waals surface area contributed by atoms with E-state index in [0.29, 0.717) is 17.4 Å². The van der Waals surface area contributed by atoms with Crippen LogP contribution in [0, 0.1) is 13.8 Å². The van der Waals surface area contributed by atoms with Gasteiger partial charge in [-0.25, -0.2) is 0 Å². The van der Waals surface area contributed by atoms with Crippen LogP contribution in [0.3, 0.4) is 0 Å². The zero-order valence-electron chi connectivity index (χ0n) is 12.0. The Hall–Kier alpha value is -2.57. The Bertz CT molecular complexity index is 703. The molecule has 116 valence electrons. The fourth-order valence-corrected chi connectivity index (χ4v) is 1.88. The van der Waals surface area contributed by atoms with Crippen LogP contribution in [-0.4, -0.2) is 10.9 Å². The van der Waals surface area contributed by atoms with Crippen LogP contribution in [0.5, 0.6) is 0 Å². The van der Waals surface area contributed by atoms with E-state index >= 15 is 0 Å². The fourth-order valence-electron chi connectivity index (χ4n) is 1.88. The topological polar surface area (TPSA) is 68.0 Å². The Morgan fingerprint density at radius 3 is 2.50 bits per heavy atom. The van der Waals surface area contributed by atoms with E-state index < -0.39 is 17.6 Å². The van der Waals surface area contributed by atoms with E-state index in [-0.39, 0.29) is 5.69 Å². The third-order valence-corrected chi connectivity index (χ3v) is 3.29. The van der Waals surface area contributed by atoms with Crippen LogP contribution in [0.4, 0.5) is 24.5 Å². The number of hydrogen-bond donors (Lipinski definition) is 2. The number of alkyl halides is 3. The first-order chi connectivity index (χ1) is 10.2. The molecule has 0 spiro atoms. The lowest BCUT2D eigenvalue weighted by Gasteiger charge is -2.11. The number of carbonyl (C=O) groups excluding carboxylic acids is 1. The van der Waals surface area contributed by atoms with Gasteiger partial charge in [0.05, 0.1) is 5.56 Å². The molecule has 3 N–H and O–H groups in total. The van der Waals surface area contributed by atoms with Crippen molar-refractivity contribution in [2.75, 3.05) is 11.1 Å². The number of halogens is 3. The van der Waals surface area contributed by atoms with Crippen molar-refractivity contribution in [2.45, 2.75) is 20.0 Å². The molecule has 4 nitrogen and oxygen atoms in total. The van der Waals surface area contributed by atoms with Crippen LogP contribution in [0.25, 0.3) is 0 Å². The zero-order valence-corrected chi connectivity index (χ0v) is 12.0. The molecule has 22 heavy (non-hydrogen) atoms. The van der Waals surface area contributed by atoms with Crippen LogP contribution < -0.4 is 11.1 Å². The molecule has 0 atom stereocenters. The molecule has 1 heterocycles. The van der Waals surface area contributed by atoms with E-state index in [2.05, 4.69) is 10.3 Å². The smallest absolute Gasteiger partial charge is 0.398 e. The summed E-state index contributed by atoms with van der Waals surface area (Å²) in [6, 6.07) is 4.76. The molecular formula is C15H14F3N3O. The molecule has 0 bridgehead atoms. The molecule has 0 aliphatic carbocycles. The molecule has 1 aromatic carbocycles. The molecule has 1 aromatic heterocycles. The van der Waals surface area contributed by atoms with Gasteiger partial charge >= 0.3 is 6.18 Å². The first kappa shape index (κ1) is 15.8. The molecule has 7 heteroatoms. The number of nitrogens with zero attached hydrogens (tertiary/aromatic N) is 1. The second kappa shape index (κ2) is 5.67. The number of benzene rings is 1. The summed E-state index contributed by atoms with van der Waals surface area (Å²) >= 11 is 0. The van der Waals surface area contributed by atoms with Crippen molar-refractivity contribution in [1.82, 2.24) is 4.98 Å². The van der Waals surface area contributed by atoms with Crippen molar-refractivity contribution in [3.05, 3.63) is 52.8 Å². The first-order valence-corrected chi connectivity index (χ1v) is 6.40. The van der Waals surface area contributed by atoms with E-state index in [1.54, 1.807) is 12.1 Å². The minimum Gasteiger partial charge on any atom is -0.398 e. The van der Waals surface area contributed by atoms with E-state index in [0.717, 1.165) is 23.4 Å². The highest BCUT2D eigenvalue weighted by Crippen LogP contribution is 2.29. The number of anilines is 2. The number of nitrogen functional groups attached to an aromatic ring is 1. The molecule has 0 saturated carbocycles. The summed E-state index contributed by atoms with van der Waals surface area (Å²) in [6.45, 7) is 3.66. The van der Waals surface area contributed by atoms with Gasteiger partial charge in [0.2, 0.25) is 0 Å². The van der Waals surface area contributed by atoms with Gasteiger partial charge < -0.3 is 11.1 Å². The van der Waals surface area contributed by atoms with Gasteiger partial charge in [0, 0.05) is 17.6 Å². The number of carbonyl (C=O) groups is 1. The van der Waals surface area contributed by atoms with Gasteiger partial charge in [0.1, 0.15) is 5.69 Å². The lowest BCUT2D eigenvalue weighted by molar-refractivity contribution is -0.137. The van der Waals surface area contributed by atoms with Crippen molar-refractivity contribution in [2.24, 2.45) is 0 Å². The van der Waals surface area contributed by atoms with E-state index in [9.17, 15) is 18.0 Å². The Labute approximate surface area is 125 Å². The largest absolute Gasteiger partial charge is 0.416 e. The second-order valence-corrected chi connectivity index (χ2v) is 4.89. The van der Waals surface area contributed by atoms with Crippen molar-refractivity contribution in [3.63, 3.8) is 0 Å². The number of aromatic nitrogens is 1. The summed E-state index contributed by atoms with van der Waals surface area (Å²) in [5, 5.41) is 2.50. The van der Waals surface area contributed by atoms with Gasteiger partial charge in [0.15, 0.2) is 0 Å². The summed E-state index contributed by atoms with van der Waals surface area (Å²) < 4.78 is 37.9. The zero-order chi connectivity index (χ0) is 16.5. The quantitative estimate of drug-likeness (QED) is 0.834. The molecule has 0 fully saturated rings. The second-order valence-electron chi connectivity index (χ2n) is 4.89. The van der Waals surface area contributed by atoms with Crippen molar-refractivity contribution in [3.8, 4) is 0 Å². The molecule has 0 saturated heterocycles. The summed E-state index contributed by atoms with van der Waals surface area (Å²) in [5.74, 6) is -0.728. The van der Waals surface area contributed by atoms with Crippen LogP contribution in [0.1, 0.15) is 27.2 Å². The molecular weight excluding hydrogens is 295 g/mol. The van der Waals surface area contributed by atoms with Crippen molar-refractivity contribution < 1.29 is 18.0 Å². The Balaban J connectivity index is 2.27. The van der Waals surface area contributed by atoms with Gasteiger partial charge in [-0.3, -0.25) is 9.78 Å². The summed E-state index contributed by atoms with van der Waals surface area (Å²) in [7, 11) is 0. The normalized spacial score (nSPS) is 11.3. The van der Waals surface area contributed by atoms with Gasteiger partial charge in [-0.05, 0) is 49.2 Å². The third-order valence-electron chi connectivity index (χ3n) is 3.29. The standard InChI is InChI=1S/C15H14F3N3O/c1-8-5-11(7-12(19)9(8)2)21-14(22)13-6-10(3-4-20-13)15(16,17)18/h3-7H,19H2,1-2H3,(H,21,22). The predicted molar refractivity (Wildman–Crippen MR) is 77.5 cm³/mol. The lowest BCUT2D eigenvalue weighted by atomic mass is 10.1. The number of aryl methyl sites for hydroxylation is 1. The average molecular weight is 309 g/mol. The molecule has 2 rings (SSSR count). The first-order valence-electron chi connectivity index (χ1n) is 6.40. The molecule has 0 aliphatic rings. The van der Waals surface area contributed by atoms with Crippen molar-refractivity contribution in [1.29, 1.82) is 0 Å². The Morgan fingerprint density at radius 2 is 1.91 bits per heavy atom. The molecule has 0 radical (unpaired) electrons. The number of rotatable bonds is 2. The van der Waals surface area contributed by atoms with Crippen molar-refractivity contribution >= 4 is 17.3 Å². The maximum Gasteiger partial charge on any atom is 0.416 e. The highest BCUT2D eigenvalue weighted by atomic mass is 19.4. The minimum absolute atomic E-state index is 0.313. The summed E-state index contributed by atoms with van der Waals surface area (Å²) in [5.41, 5.74) is 7.22. The predicted octanol–water partition coefficient (Wildman–Crippen LogP) is 3.55. The number of pyridine rings is 1. The van der Waals surface area contributed by atoms with E-state index in [4.69, 9.17) is 5.73 Å². The van der Waals surface area contributed by atoms with Crippen LogP contribution in [-0.2, 0) is 6.18 Å². The van der Waals surface area contributed by atoms with Crippen LogP contribution in [0.2, 0.25) is 0 Å². The summed E-state index contributed by atoms with van der Waals surface area (Å²) in [6.07, 6.45) is -3.57. The van der Waals surface area contributed by atoms with Crippen LogP contribution in [0.15, 0.2) is 30.5 Å². The number of hydrogen-bond acceptors (Lipinski definition) is 3. The number of nitrogens with one attached hydrogen (secondary N) is 1. The maximum atomic E-state index is 12.6. The molecule has 2 aromatic rings. The Kier molecular flexibility index (Phi) is 4.07. The molecule has 1 amide bonds. The highest BCUT2D eigenvalue weighted by molar-refractivity contribution is 6.03. The highest BCUT2D eigenvalue weighted by Gasteiger charge is 2.31. The maximum absolute atomic E-state index is 12.6. The van der Waals surface area contributed by atoms with Gasteiger partial charge in [-0.2, -0.15) is 13.2 Å². The molecule has 0 unspecified atom stereocenters. The SMILES string of the molecule is Cc1cc(NC(=O)c2cc(C(F)(F)F)ccn2)cc(N)c1C. The number of nitrogens with two attached hydrogens (primary N) is 1. The van der Waals surface area contributed by atoms with Gasteiger partial charge in [-0.1, -0.05) is 0 Å². The Morgan fingerprint density at radius 1 is 1.23 bits per heavy atom. The van der Waals surface area contributed by atoms with E-state index in [1.165, 1.54) is 0 Å². The van der Waals surface area contributed by atoms with Crippen LogP contribution >= 0.6 is 0 Å². The monoisotopic (exact) mass is 309 g/mol.